The predicted octanol–water partition coefficient (Wildman–Crippen LogP) is 3.65. The molecule has 1 aromatic carbocycles. The maximum Gasteiger partial charge on any atom is 0.223 e. The molecule has 1 heterocycles. The Hall–Kier alpha value is -1.49. The van der Waals surface area contributed by atoms with Gasteiger partial charge in [-0.05, 0) is 57.5 Å². The minimum atomic E-state index is -0.886. The van der Waals surface area contributed by atoms with Crippen LogP contribution in [-0.2, 0) is 4.79 Å². The number of hydrogen-bond acceptors (Lipinski definition) is 2. The highest BCUT2D eigenvalue weighted by Crippen LogP contribution is 2.34. The van der Waals surface area contributed by atoms with Crippen molar-refractivity contribution in [3.05, 3.63) is 35.4 Å². The van der Waals surface area contributed by atoms with Crippen LogP contribution in [0.15, 0.2) is 18.2 Å². The molecule has 128 valence electrons. The summed E-state index contributed by atoms with van der Waals surface area (Å²) in [5.41, 5.74) is 0.209. The second-order valence-electron chi connectivity index (χ2n) is 7.12. The Bertz CT molecular complexity index is 566. The Kier molecular flexibility index (Phi) is 5.40. The van der Waals surface area contributed by atoms with Gasteiger partial charge in [-0.2, -0.15) is 0 Å². The number of rotatable bonds is 5. The molecule has 0 aromatic heterocycles. The molecule has 1 saturated heterocycles. The van der Waals surface area contributed by atoms with Crippen molar-refractivity contribution >= 4 is 5.91 Å². The van der Waals surface area contributed by atoms with Crippen molar-refractivity contribution < 1.29 is 13.6 Å². The number of amides is 1. The van der Waals surface area contributed by atoms with E-state index in [4.69, 9.17) is 0 Å². The molecule has 0 aliphatic carbocycles. The van der Waals surface area contributed by atoms with Crippen LogP contribution in [-0.4, -0.2) is 29.4 Å². The van der Waals surface area contributed by atoms with Gasteiger partial charge in [0.1, 0.15) is 0 Å². The largest absolute Gasteiger partial charge is 0.347 e. The molecule has 0 spiro atoms. The minimum Gasteiger partial charge on any atom is -0.347 e. The van der Waals surface area contributed by atoms with Crippen molar-refractivity contribution in [3.8, 4) is 0 Å². The normalized spacial score (nSPS) is 17.5. The van der Waals surface area contributed by atoms with Gasteiger partial charge in [-0.25, -0.2) is 8.78 Å². The summed E-state index contributed by atoms with van der Waals surface area (Å²) < 4.78 is 27.0. The fraction of sp³-hybridized carbons (Fsp3) is 0.611. The summed E-state index contributed by atoms with van der Waals surface area (Å²) in [6.45, 7) is 9.63. The Morgan fingerprint density at radius 1 is 1.17 bits per heavy atom. The number of hydrogen-bond donors (Lipinski definition) is 1. The standard InChI is InChI=1S/C18H26F2N2O/c1-12(2)17(23)21-16(13-7-8-14(19)15(20)11-13)18(3,4)22-9-5-6-10-22/h7-8,11-12,16H,5-6,9-10H2,1-4H3,(H,21,23). The fourth-order valence-corrected chi connectivity index (χ4v) is 3.14. The average Bonchev–Trinajstić information content (AvgIpc) is 3.02. The van der Waals surface area contributed by atoms with Crippen LogP contribution in [0, 0.1) is 17.6 Å². The summed E-state index contributed by atoms with van der Waals surface area (Å²) in [6.07, 6.45) is 2.23. The lowest BCUT2D eigenvalue weighted by Crippen LogP contribution is -2.53. The molecular formula is C18H26F2N2O. The van der Waals surface area contributed by atoms with Crippen LogP contribution in [0.4, 0.5) is 8.78 Å². The predicted molar refractivity (Wildman–Crippen MR) is 87.0 cm³/mol. The van der Waals surface area contributed by atoms with Crippen LogP contribution in [0.3, 0.4) is 0 Å². The fourth-order valence-electron chi connectivity index (χ4n) is 3.14. The van der Waals surface area contributed by atoms with Gasteiger partial charge >= 0.3 is 0 Å². The highest BCUT2D eigenvalue weighted by Gasteiger charge is 2.39. The third-order valence-corrected chi connectivity index (χ3v) is 4.72. The molecule has 0 bridgehead atoms. The van der Waals surface area contributed by atoms with E-state index in [1.165, 1.54) is 6.07 Å². The summed E-state index contributed by atoms with van der Waals surface area (Å²) in [4.78, 5) is 14.5. The molecule has 1 N–H and O–H groups in total. The van der Waals surface area contributed by atoms with E-state index in [0.717, 1.165) is 32.0 Å². The first-order valence-corrected chi connectivity index (χ1v) is 8.24. The molecule has 1 aliphatic heterocycles. The Morgan fingerprint density at radius 3 is 2.30 bits per heavy atom. The molecule has 3 nitrogen and oxygen atoms in total. The van der Waals surface area contributed by atoms with Gasteiger partial charge in [0.2, 0.25) is 5.91 Å². The third kappa shape index (κ3) is 3.89. The average molecular weight is 324 g/mol. The number of likely N-dealkylation sites (tertiary alicyclic amines) is 1. The van der Waals surface area contributed by atoms with E-state index in [2.05, 4.69) is 10.2 Å². The number of carbonyl (C=O) groups excluding carboxylic acids is 1. The van der Waals surface area contributed by atoms with Gasteiger partial charge in [0, 0.05) is 11.5 Å². The second-order valence-corrected chi connectivity index (χ2v) is 7.12. The van der Waals surface area contributed by atoms with E-state index in [1.807, 2.05) is 27.7 Å². The highest BCUT2D eigenvalue weighted by molar-refractivity contribution is 5.78. The lowest BCUT2D eigenvalue weighted by atomic mass is 9.86. The third-order valence-electron chi connectivity index (χ3n) is 4.72. The number of carbonyl (C=O) groups is 1. The van der Waals surface area contributed by atoms with Crippen molar-refractivity contribution in [2.45, 2.75) is 52.1 Å². The number of nitrogens with zero attached hydrogens (tertiary/aromatic N) is 1. The van der Waals surface area contributed by atoms with Crippen LogP contribution >= 0.6 is 0 Å². The molecule has 1 amide bonds. The van der Waals surface area contributed by atoms with Gasteiger partial charge < -0.3 is 5.32 Å². The van der Waals surface area contributed by atoms with Gasteiger partial charge in [0.15, 0.2) is 11.6 Å². The van der Waals surface area contributed by atoms with Crippen molar-refractivity contribution in [2.24, 2.45) is 5.92 Å². The zero-order valence-corrected chi connectivity index (χ0v) is 14.3. The first-order chi connectivity index (χ1) is 10.7. The topological polar surface area (TPSA) is 32.3 Å². The molecule has 23 heavy (non-hydrogen) atoms. The molecule has 1 aromatic rings. The molecule has 2 rings (SSSR count). The molecule has 1 atom stereocenters. The Labute approximate surface area is 137 Å². The monoisotopic (exact) mass is 324 g/mol. The van der Waals surface area contributed by atoms with Gasteiger partial charge in [0.25, 0.3) is 0 Å². The lowest BCUT2D eigenvalue weighted by Gasteiger charge is -2.43. The maximum absolute atomic E-state index is 13.7. The van der Waals surface area contributed by atoms with Crippen molar-refractivity contribution in [2.75, 3.05) is 13.1 Å². The SMILES string of the molecule is CC(C)C(=O)NC(c1ccc(F)c(F)c1)C(C)(C)N1CCCC1. The number of halogens is 2. The van der Waals surface area contributed by atoms with E-state index in [1.54, 1.807) is 6.07 Å². The summed E-state index contributed by atoms with van der Waals surface area (Å²) in [7, 11) is 0. The van der Waals surface area contributed by atoms with E-state index < -0.39 is 17.7 Å². The van der Waals surface area contributed by atoms with Gasteiger partial charge in [-0.15, -0.1) is 0 Å². The van der Waals surface area contributed by atoms with Crippen molar-refractivity contribution in [1.29, 1.82) is 0 Å². The van der Waals surface area contributed by atoms with E-state index >= 15 is 0 Å². The Balaban J connectivity index is 2.37. The summed E-state index contributed by atoms with van der Waals surface area (Å²) >= 11 is 0. The van der Waals surface area contributed by atoms with E-state index in [0.29, 0.717) is 5.56 Å². The summed E-state index contributed by atoms with van der Waals surface area (Å²) in [6, 6.07) is 3.48. The van der Waals surface area contributed by atoms with Gasteiger partial charge in [-0.3, -0.25) is 9.69 Å². The first-order valence-electron chi connectivity index (χ1n) is 8.24. The molecule has 5 heteroatoms. The molecule has 0 saturated carbocycles. The highest BCUT2D eigenvalue weighted by atomic mass is 19.2. The number of benzene rings is 1. The van der Waals surface area contributed by atoms with Crippen LogP contribution in [0.5, 0.6) is 0 Å². The molecule has 1 aliphatic rings. The zero-order valence-electron chi connectivity index (χ0n) is 14.3. The lowest BCUT2D eigenvalue weighted by molar-refractivity contribution is -0.125. The molecule has 1 fully saturated rings. The van der Waals surface area contributed by atoms with E-state index in [9.17, 15) is 13.6 Å². The van der Waals surface area contributed by atoms with Crippen LogP contribution in [0.25, 0.3) is 0 Å². The maximum atomic E-state index is 13.7. The summed E-state index contributed by atoms with van der Waals surface area (Å²) in [5, 5.41) is 3.03. The number of nitrogens with one attached hydrogen (secondary N) is 1. The van der Waals surface area contributed by atoms with Gasteiger partial charge in [0.05, 0.1) is 6.04 Å². The first kappa shape index (κ1) is 17.9. The van der Waals surface area contributed by atoms with E-state index in [-0.39, 0.29) is 17.4 Å². The molecule has 1 unspecified atom stereocenters. The van der Waals surface area contributed by atoms with Gasteiger partial charge in [-0.1, -0.05) is 19.9 Å². The molecule has 0 radical (unpaired) electrons. The minimum absolute atomic E-state index is 0.0907. The van der Waals surface area contributed by atoms with Crippen molar-refractivity contribution in [3.63, 3.8) is 0 Å². The van der Waals surface area contributed by atoms with Crippen LogP contribution in [0.2, 0.25) is 0 Å². The van der Waals surface area contributed by atoms with Crippen molar-refractivity contribution in [1.82, 2.24) is 10.2 Å². The van der Waals surface area contributed by atoms with Crippen LogP contribution in [0.1, 0.15) is 52.1 Å². The Morgan fingerprint density at radius 2 is 1.78 bits per heavy atom. The summed E-state index contributed by atoms with van der Waals surface area (Å²) in [5.74, 6) is -2.02. The second kappa shape index (κ2) is 6.95. The van der Waals surface area contributed by atoms with Crippen LogP contribution < -0.4 is 5.32 Å². The zero-order chi connectivity index (χ0) is 17.2. The smallest absolute Gasteiger partial charge is 0.223 e. The quantitative estimate of drug-likeness (QED) is 0.896. The molecular weight excluding hydrogens is 298 g/mol.